The molecule has 0 aromatic heterocycles. The van der Waals surface area contributed by atoms with Gasteiger partial charge in [0.25, 0.3) is 6.43 Å². The number of nitrogens with one attached hydrogen (secondary N) is 1. The Bertz CT molecular complexity index is 191. The van der Waals surface area contributed by atoms with Gasteiger partial charge in [-0.15, -0.1) is 0 Å². The molecule has 1 aliphatic heterocycles. The van der Waals surface area contributed by atoms with E-state index in [0.29, 0.717) is 18.6 Å². The third kappa shape index (κ3) is 5.18. The van der Waals surface area contributed by atoms with E-state index in [-0.39, 0.29) is 0 Å². The van der Waals surface area contributed by atoms with E-state index in [9.17, 15) is 8.78 Å². The maximum atomic E-state index is 11.8. The zero-order chi connectivity index (χ0) is 12.0. The molecule has 0 radical (unpaired) electrons. The fourth-order valence-corrected chi connectivity index (χ4v) is 1.86. The number of alkyl halides is 2. The first-order chi connectivity index (χ1) is 7.59. The van der Waals surface area contributed by atoms with Gasteiger partial charge < -0.3 is 10.1 Å². The molecule has 0 saturated carbocycles. The molecule has 1 N–H and O–H groups in total. The monoisotopic (exact) mass is 236 g/mol. The first-order valence-corrected chi connectivity index (χ1v) is 5.91. The van der Waals surface area contributed by atoms with E-state index in [1.807, 2.05) is 0 Å². The van der Waals surface area contributed by atoms with Crippen LogP contribution in [0.4, 0.5) is 8.78 Å². The van der Waals surface area contributed by atoms with Gasteiger partial charge in [-0.3, -0.25) is 4.90 Å². The van der Waals surface area contributed by atoms with E-state index in [4.69, 9.17) is 4.74 Å². The van der Waals surface area contributed by atoms with Gasteiger partial charge in [-0.05, 0) is 5.92 Å². The van der Waals surface area contributed by atoms with Crippen LogP contribution >= 0.6 is 0 Å². The first kappa shape index (κ1) is 13.8. The van der Waals surface area contributed by atoms with Crippen molar-refractivity contribution in [1.82, 2.24) is 10.2 Å². The Morgan fingerprint density at radius 2 is 2.19 bits per heavy atom. The second-order valence-electron chi connectivity index (χ2n) is 4.57. The van der Waals surface area contributed by atoms with Crippen molar-refractivity contribution >= 4 is 0 Å². The van der Waals surface area contributed by atoms with Crippen molar-refractivity contribution in [2.24, 2.45) is 5.92 Å². The highest BCUT2D eigenvalue weighted by Crippen LogP contribution is 2.07. The number of hydrogen-bond donors (Lipinski definition) is 1. The van der Waals surface area contributed by atoms with Crippen molar-refractivity contribution in [2.75, 3.05) is 39.4 Å². The van der Waals surface area contributed by atoms with E-state index in [2.05, 4.69) is 24.1 Å². The summed E-state index contributed by atoms with van der Waals surface area (Å²) < 4.78 is 28.5. The molecule has 1 unspecified atom stereocenters. The lowest BCUT2D eigenvalue weighted by Crippen LogP contribution is -2.53. The minimum absolute atomic E-state index is 0.398. The Hall–Kier alpha value is -0.260. The summed E-state index contributed by atoms with van der Waals surface area (Å²) in [6.45, 7) is 8.00. The molecule has 0 amide bonds. The number of ether oxygens (including phenoxy) is 1. The summed E-state index contributed by atoms with van der Waals surface area (Å²) in [7, 11) is 0. The van der Waals surface area contributed by atoms with Crippen molar-refractivity contribution < 1.29 is 13.5 Å². The maximum absolute atomic E-state index is 11.8. The average Bonchev–Trinajstić information content (AvgIpc) is 2.24. The van der Waals surface area contributed by atoms with Crippen LogP contribution < -0.4 is 5.32 Å². The van der Waals surface area contributed by atoms with Crippen LogP contribution in [0.1, 0.15) is 13.8 Å². The van der Waals surface area contributed by atoms with Gasteiger partial charge in [-0.2, -0.15) is 0 Å². The van der Waals surface area contributed by atoms with Gasteiger partial charge in [0, 0.05) is 32.2 Å². The molecule has 1 heterocycles. The fourth-order valence-electron chi connectivity index (χ4n) is 1.86. The van der Waals surface area contributed by atoms with Crippen molar-refractivity contribution in [1.29, 1.82) is 0 Å². The van der Waals surface area contributed by atoms with Crippen LogP contribution in [0.2, 0.25) is 0 Å². The molecule has 16 heavy (non-hydrogen) atoms. The molecule has 1 fully saturated rings. The van der Waals surface area contributed by atoms with Gasteiger partial charge in [0.05, 0.1) is 6.61 Å². The number of rotatable bonds is 6. The van der Waals surface area contributed by atoms with Crippen molar-refractivity contribution in [3.63, 3.8) is 0 Å². The highest BCUT2D eigenvalue weighted by molar-refractivity contribution is 4.80. The van der Waals surface area contributed by atoms with Crippen molar-refractivity contribution in [3.8, 4) is 0 Å². The standard InChI is InChI=1S/C11H22F2N2O/c1-9(2)10-7-15(4-3-14-10)5-6-16-8-11(12)13/h9-11,14H,3-8H2,1-2H3. The number of nitrogens with zero attached hydrogens (tertiary/aromatic N) is 1. The zero-order valence-corrected chi connectivity index (χ0v) is 10.1. The Labute approximate surface area is 96.1 Å². The molecule has 3 nitrogen and oxygen atoms in total. The van der Waals surface area contributed by atoms with Gasteiger partial charge in [-0.25, -0.2) is 8.78 Å². The van der Waals surface area contributed by atoms with Gasteiger partial charge >= 0.3 is 0 Å². The minimum Gasteiger partial charge on any atom is -0.374 e. The van der Waals surface area contributed by atoms with E-state index < -0.39 is 13.0 Å². The smallest absolute Gasteiger partial charge is 0.261 e. The predicted octanol–water partition coefficient (Wildman–Crippen LogP) is 1.20. The van der Waals surface area contributed by atoms with Crippen LogP contribution in [0.5, 0.6) is 0 Å². The summed E-state index contributed by atoms with van der Waals surface area (Å²) in [4.78, 5) is 2.27. The summed E-state index contributed by atoms with van der Waals surface area (Å²) in [5.41, 5.74) is 0. The Kier molecular flexibility index (Phi) is 6.16. The molecular weight excluding hydrogens is 214 g/mol. The second kappa shape index (κ2) is 7.14. The Morgan fingerprint density at radius 1 is 1.44 bits per heavy atom. The van der Waals surface area contributed by atoms with Crippen LogP contribution in [-0.4, -0.2) is 56.8 Å². The normalized spacial score (nSPS) is 23.2. The molecule has 1 atom stereocenters. The summed E-state index contributed by atoms with van der Waals surface area (Å²) in [5.74, 6) is 0.602. The van der Waals surface area contributed by atoms with Crippen molar-refractivity contribution in [2.45, 2.75) is 26.3 Å². The zero-order valence-electron chi connectivity index (χ0n) is 10.1. The van der Waals surface area contributed by atoms with Gasteiger partial charge in [-0.1, -0.05) is 13.8 Å². The number of halogens is 2. The third-order valence-electron chi connectivity index (χ3n) is 2.89. The summed E-state index contributed by atoms with van der Waals surface area (Å²) in [6, 6.07) is 0.504. The Balaban J connectivity index is 2.12. The average molecular weight is 236 g/mol. The second-order valence-corrected chi connectivity index (χ2v) is 4.57. The molecule has 1 aliphatic rings. The van der Waals surface area contributed by atoms with Gasteiger partial charge in [0.15, 0.2) is 0 Å². The SMILES string of the molecule is CC(C)C1CN(CCOCC(F)F)CCN1. The van der Waals surface area contributed by atoms with Gasteiger partial charge in [0.1, 0.15) is 6.61 Å². The maximum Gasteiger partial charge on any atom is 0.261 e. The molecule has 0 aromatic rings. The van der Waals surface area contributed by atoms with Crippen LogP contribution in [0.3, 0.4) is 0 Å². The lowest BCUT2D eigenvalue weighted by Gasteiger charge is -2.35. The summed E-state index contributed by atoms with van der Waals surface area (Å²) in [6.07, 6.45) is -2.36. The molecule has 0 bridgehead atoms. The van der Waals surface area contributed by atoms with Crippen LogP contribution in [0.15, 0.2) is 0 Å². The quantitative estimate of drug-likeness (QED) is 0.701. The van der Waals surface area contributed by atoms with Crippen molar-refractivity contribution in [3.05, 3.63) is 0 Å². The lowest BCUT2D eigenvalue weighted by molar-refractivity contribution is 0.00681. The molecular formula is C11H22F2N2O. The number of piperazine rings is 1. The number of hydrogen-bond acceptors (Lipinski definition) is 3. The van der Waals surface area contributed by atoms with Crippen LogP contribution in [0, 0.1) is 5.92 Å². The van der Waals surface area contributed by atoms with Gasteiger partial charge in [0.2, 0.25) is 0 Å². The lowest BCUT2D eigenvalue weighted by atomic mass is 10.0. The molecule has 0 aromatic carbocycles. The molecule has 0 aliphatic carbocycles. The molecule has 1 rings (SSSR count). The first-order valence-electron chi connectivity index (χ1n) is 5.91. The Morgan fingerprint density at radius 3 is 2.81 bits per heavy atom. The minimum atomic E-state index is -2.36. The largest absolute Gasteiger partial charge is 0.374 e. The molecule has 96 valence electrons. The predicted molar refractivity (Wildman–Crippen MR) is 59.9 cm³/mol. The third-order valence-corrected chi connectivity index (χ3v) is 2.89. The summed E-state index contributed by atoms with van der Waals surface area (Å²) in [5, 5.41) is 3.45. The highest BCUT2D eigenvalue weighted by Gasteiger charge is 2.21. The fraction of sp³-hybridized carbons (Fsp3) is 1.00. The molecule has 5 heteroatoms. The van der Waals surface area contributed by atoms with E-state index in [1.54, 1.807) is 0 Å². The topological polar surface area (TPSA) is 24.5 Å². The van der Waals surface area contributed by atoms with E-state index in [0.717, 1.165) is 26.2 Å². The molecule has 0 spiro atoms. The highest BCUT2D eigenvalue weighted by atomic mass is 19.3. The van der Waals surface area contributed by atoms with Crippen LogP contribution in [-0.2, 0) is 4.74 Å². The van der Waals surface area contributed by atoms with E-state index >= 15 is 0 Å². The molecule has 1 saturated heterocycles. The van der Waals surface area contributed by atoms with E-state index in [1.165, 1.54) is 0 Å². The summed E-state index contributed by atoms with van der Waals surface area (Å²) >= 11 is 0. The van der Waals surface area contributed by atoms with Crippen LogP contribution in [0.25, 0.3) is 0 Å².